The van der Waals surface area contributed by atoms with Crippen LogP contribution < -0.4 is 10.6 Å². The molecule has 8 nitrogen and oxygen atoms in total. The molecule has 1 saturated carbocycles. The molecule has 2 heterocycles. The van der Waals surface area contributed by atoms with Gasteiger partial charge in [0.15, 0.2) is 5.78 Å². The summed E-state index contributed by atoms with van der Waals surface area (Å²) in [6.45, 7) is 5.48. The van der Waals surface area contributed by atoms with Crippen molar-refractivity contribution >= 4 is 23.6 Å². The van der Waals surface area contributed by atoms with Crippen molar-refractivity contribution in [1.82, 2.24) is 20.4 Å². The van der Waals surface area contributed by atoms with Crippen LogP contribution in [0, 0.1) is 11.8 Å². The Balaban J connectivity index is 1.25. The summed E-state index contributed by atoms with van der Waals surface area (Å²) in [7, 11) is 0. The van der Waals surface area contributed by atoms with Crippen LogP contribution in [0.3, 0.4) is 0 Å². The van der Waals surface area contributed by atoms with E-state index in [1.807, 2.05) is 12.1 Å². The van der Waals surface area contributed by atoms with E-state index in [0.29, 0.717) is 18.5 Å². The minimum Gasteiger partial charge on any atom is -0.342 e. The number of nitrogens with one attached hydrogen (secondary N) is 2. The Morgan fingerprint density at radius 2 is 1.73 bits per heavy atom. The molecule has 2 fully saturated rings. The number of ketones is 1. The Morgan fingerprint density at radius 3 is 2.43 bits per heavy atom. The number of carbonyl (C=O) groups is 4. The highest BCUT2D eigenvalue weighted by Gasteiger charge is 2.61. The Labute approximate surface area is 217 Å². The average molecular weight is 503 g/mol. The number of aryl methyl sites for hydroxylation is 1. The third-order valence-electron chi connectivity index (χ3n) is 7.94. The third-order valence-corrected chi connectivity index (χ3v) is 7.94. The Hall–Kier alpha value is -3.52. The van der Waals surface area contributed by atoms with Gasteiger partial charge >= 0.3 is 6.03 Å². The summed E-state index contributed by atoms with van der Waals surface area (Å²) < 4.78 is 0. The second-order valence-electron chi connectivity index (χ2n) is 10.8. The van der Waals surface area contributed by atoms with Crippen LogP contribution in [0.15, 0.2) is 54.6 Å². The van der Waals surface area contributed by atoms with Gasteiger partial charge in [0.05, 0.1) is 6.54 Å². The number of Topliss-reactive ketones (excluding diaryl/α,β-unsaturated/α-hetero) is 1. The average Bonchev–Trinajstić information content (AvgIpc) is 3.59. The van der Waals surface area contributed by atoms with E-state index in [1.54, 1.807) is 24.3 Å². The first-order chi connectivity index (χ1) is 17.8. The Morgan fingerprint density at radius 1 is 1.03 bits per heavy atom. The van der Waals surface area contributed by atoms with Crippen LogP contribution in [0.2, 0.25) is 0 Å². The number of hydrogen-bond acceptors (Lipinski definition) is 5. The van der Waals surface area contributed by atoms with Gasteiger partial charge in [0.25, 0.3) is 5.91 Å². The summed E-state index contributed by atoms with van der Waals surface area (Å²) in [5.74, 6) is -0.712. The molecule has 0 bridgehead atoms. The zero-order valence-electron chi connectivity index (χ0n) is 21.4. The molecule has 2 aromatic carbocycles. The quantitative estimate of drug-likeness (QED) is 0.541. The van der Waals surface area contributed by atoms with Crippen LogP contribution in [-0.2, 0) is 27.3 Å². The minimum absolute atomic E-state index is 0.00158. The largest absolute Gasteiger partial charge is 0.342 e. The van der Waals surface area contributed by atoms with E-state index in [0.717, 1.165) is 24.3 Å². The fraction of sp³-hybridized carbons (Fsp3) is 0.448. The van der Waals surface area contributed by atoms with Crippen LogP contribution in [0.1, 0.15) is 49.4 Å². The maximum Gasteiger partial charge on any atom is 0.325 e. The van der Waals surface area contributed by atoms with E-state index >= 15 is 0 Å². The Kier molecular flexibility index (Phi) is 6.86. The summed E-state index contributed by atoms with van der Waals surface area (Å²) in [6.07, 6.45) is 2.55. The summed E-state index contributed by atoms with van der Waals surface area (Å²) in [5, 5.41) is 5.61. The number of urea groups is 1. The lowest BCUT2D eigenvalue weighted by Gasteiger charge is -2.26. The standard InChI is InChI=1S/C29H34N4O4/c1-19(2)23-15-29(23,24(34)17-32-14-8-13-20-9-6-7-12-22(20)16-32)31-25(35)18-33-27(36)26(30-28(33)37)21-10-4-3-5-11-21/h3-7,9-12,19,23,26H,8,13-18H2,1-2H3,(H,30,37)(H,31,35)/t23-,26?,29+/m0/s1. The number of nitrogens with zero attached hydrogens (tertiary/aromatic N) is 2. The molecule has 3 atom stereocenters. The molecular formula is C29H34N4O4. The van der Waals surface area contributed by atoms with E-state index in [2.05, 4.69) is 47.6 Å². The summed E-state index contributed by atoms with van der Waals surface area (Å²) >= 11 is 0. The molecule has 0 spiro atoms. The van der Waals surface area contributed by atoms with Gasteiger partial charge in [0.1, 0.15) is 18.1 Å². The molecule has 2 aliphatic heterocycles. The van der Waals surface area contributed by atoms with Crippen LogP contribution in [0.5, 0.6) is 0 Å². The molecule has 0 aromatic heterocycles. The van der Waals surface area contributed by atoms with Crippen molar-refractivity contribution in [3.8, 4) is 0 Å². The van der Waals surface area contributed by atoms with Gasteiger partial charge in [0.2, 0.25) is 5.91 Å². The number of imide groups is 1. The molecule has 1 aliphatic carbocycles. The summed E-state index contributed by atoms with van der Waals surface area (Å²) in [5.41, 5.74) is 2.29. The number of hydrogen-bond donors (Lipinski definition) is 2. The van der Waals surface area contributed by atoms with E-state index in [1.165, 1.54) is 11.1 Å². The maximum atomic E-state index is 13.7. The second kappa shape index (κ2) is 10.1. The van der Waals surface area contributed by atoms with Crippen molar-refractivity contribution in [2.24, 2.45) is 11.8 Å². The van der Waals surface area contributed by atoms with E-state index in [4.69, 9.17) is 0 Å². The number of fused-ring (bicyclic) bond motifs is 1. The smallest absolute Gasteiger partial charge is 0.325 e. The van der Waals surface area contributed by atoms with Gasteiger partial charge in [-0.05, 0) is 54.3 Å². The van der Waals surface area contributed by atoms with Crippen molar-refractivity contribution in [2.45, 2.75) is 51.2 Å². The molecule has 2 N–H and O–H groups in total. The second-order valence-corrected chi connectivity index (χ2v) is 10.8. The van der Waals surface area contributed by atoms with E-state index in [9.17, 15) is 19.2 Å². The zero-order chi connectivity index (χ0) is 26.2. The SMILES string of the molecule is CC(C)[C@@H]1C[C@]1(NC(=O)CN1C(=O)NC(c2ccccc2)C1=O)C(=O)CN1CCCc2ccccc2C1. The van der Waals surface area contributed by atoms with E-state index in [-0.39, 0.29) is 24.2 Å². The molecule has 37 heavy (non-hydrogen) atoms. The van der Waals surface area contributed by atoms with Gasteiger partial charge in [-0.2, -0.15) is 0 Å². The van der Waals surface area contributed by atoms with Crippen molar-refractivity contribution in [2.75, 3.05) is 19.6 Å². The van der Waals surface area contributed by atoms with Gasteiger partial charge < -0.3 is 10.6 Å². The topological polar surface area (TPSA) is 98.8 Å². The number of rotatable bonds is 8. The van der Waals surface area contributed by atoms with Crippen LogP contribution >= 0.6 is 0 Å². The molecule has 1 unspecified atom stereocenters. The fourth-order valence-electron chi connectivity index (χ4n) is 5.85. The number of benzene rings is 2. The lowest BCUT2D eigenvalue weighted by Crippen LogP contribution is -2.52. The first-order valence-corrected chi connectivity index (χ1v) is 13.1. The van der Waals surface area contributed by atoms with Crippen molar-refractivity contribution in [3.63, 3.8) is 0 Å². The molecule has 4 amide bonds. The lowest BCUT2D eigenvalue weighted by molar-refractivity contribution is -0.134. The molecule has 3 aliphatic rings. The number of amides is 4. The number of carbonyl (C=O) groups excluding carboxylic acids is 4. The van der Waals surface area contributed by atoms with Gasteiger partial charge in [-0.1, -0.05) is 68.4 Å². The van der Waals surface area contributed by atoms with Crippen molar-refractivity contribution in [1.29, 1.82) is 0 Å². The van der Waals surface area contributed by atoms with Crippen molar-refractivity contribution < 1.29 is 19.2 Å². The maximum absolute atomic E-state index is 13.7. The van der Waals surface area contributed by atoms with Gasteiger partial charge in [-0.3, -0.25) is 24.2 Å². The molecule has 8 heteroatoms. The molecule has 5 rings (SSSR count). The van der Waals surface area contributed by atoms with Crippen molar-refractivity contribution in [3.05, 3.63) is 71.3 Å². The fourth-order valence-corrected chi connectivity index (χ4v) is 5.85. The predicted molar refractivity (Wildman–Crippen MR) is 138 cm³/mol. The molecular weight excluding hydrogens is 468 g/mol. The molecule has 0 radical (unpaired) electrons. The minimum atomic E-state index is -0.949. The zero-order valence-corrected chi connectivity index (χ0v) is 21.4. The highest BCUT2D eigenvalue weighted by atomic mass is 16.2. The molecule has 1 saturated heterocycles. The van der Waals surface area contributed by atoms with Crippen LogP contribution in [0.25, 0.3) is 0 Å². The summed E-state index contributed by atoms with van der Waals surface area (Å²) in [6, 6.07) is 15.9. The normalized spacial score (nSPS) is 25.4. The van der Waals surface area contributed by atoms with Gasteiger partial charge in [-0.15, -0.1) is 0 Å². The van der Waals surface area contributed by atoms with E-state index < -0.39 is 36.0 Å². The lowest BCUT2D eigenvalue weighted by atomic mass is 9.99. The predicted octanol–water partition coefficient (Wildman–Crippen LogP) is 2.83. The highest BCUT2D eigenvalue weighted by molar-refractivity contribution is 6.07. The highest BCUT2D eigenvalue weighted by Crippen LogP contribution is 2.49. The van der Waals surface area contributed by atoms with Gasteiger partial charge in [-0.25, -0.2) is 4.79 Å². The monoisotopic (exact) mass is 502 g/mol. The van der Waals surface area contributed by atoms with Gasteiger partial charge in [0, 0.05) is 6.54 Å². The molecule has 2 aromatic rings. The van der Waals surface area contributed by atoms with Crippen LogP contribution in [0.4, 0.5) is 4.79 Å². The molecule has 194 valence electrons. The summed E-state index contributed by atoms with van der Waals surface area (Å²) in [4.78, 5) is 55.3. The first-order valence-electron chi connectivity index (χ1n) is 13.1. The Bertz CT molecular complexity index is 1210. The van der Waals surface area contributed by atoms with Crippen LogP contribution in [-0.4, -0.2) is 58.6 Å². The first kappa shape index (κ1) is 25.1. The third kappa shape index (κ3) is 5.03.